The first kappa shape index (κ1) is 13.8. The molecule has 0 fully saturated rings. The molecule has 5 heteroatoms. The quantitative estimate of drug-likeness (QED) is 0.930. The third-order valence-electron chi connectivity index (χ3n) is 3.51. The zero-order valence-corrected chi connectivity index (χ0v) is 12.2. The van der Waals surface area contributed by atoms with Gasteiger partial charge in [0.1, 0.15) is 12.4 Å². The molecule has 2 heterocycles. The molecule has 0 unspecified atom stereocenters. The van der Waals surface area contributed by atoms with E-state index >= 15 is 0 Å². The second-order valence-electron chi connectivity index (χ2n) is 5.05. The Labute approximate surface area is 125 Å². The van der Waals surface area contributed by atoms with Gasteiger partial charge < -0.3 is 15.0 Å². The van der Waals surface area contributed by atoms with Crippen LogP contribution in [0.4, 0.5) is 5.95 Å². The Morgan fingerprint density at radius 1 is 1.24 bits per heavy atom. The predicted octanol–water partition coefficient (Wildman–Crippen LogP) is 1.99. The molecular weight excluding hydrogens is 264 g/mol. The van der Waals surface area contributed by atoms with Crippen molar-refractivity contribution in [1.29, 1.82) is 0 Å². The molecule has 0 atom stereocenters. The number of hydrogen-bond donors (Lipinski definition) is 1. The summed E-state index contributed by atoms with van der Waals surface area (Å²) in [5, 5.41) is 3.27. The second kappa shape index (κ2) is 6.54. The maximum atomic E-state index is 5.77. The fourth-order valence-electron chi connectivity index (χ4n) is 2.37. The summed E-state index contributed by atoms with van der Waals surface area (Å²) in [5.74, 6) is 1.72. The summed E-state index contributed by atoms with van der Waals surface area (Å²) in [6, 6.07) is 8.14. The number of anilines is 1. The Hall–Kier alpha value is -2.14. The van der Waals surface area contributed by atoms with Crippen LogP contribution in [-0.4, -0.2) is 29.7 Å². The molecule has 1 aliphatic rings. The van der Waals surface area contributed by atoms with Crippen molar-refractivity contribution < 1.29 is 4.74 Å². The van der Waals surface area contributed by atoms with E-state index in [4.69, 9.17) is 4.74 Å². The molecule has 110 valence electrons. The molecule has 21 heavy (non-hydrogen) atoms. The highest BCUT2D eigenvalue weighted by molar-refractivity contribution is 5.40. The third-order valence-corrected chi connectivity index (χ3v) is 3.51. The monoisotopic (exact) mass is 284 g/mol. The molecule has 0 radical (unpaired) electrons. The molecular formula is C16H20N4O. The first-order valence-corrected chi connectivity index (χ1v) is 7.34. The van der Waals surface area contributed by atoms with Gasteiger partial charge in [0.2, 0.25) is 5.95 Å². The van der Waals surface area contributed by atoms with E-state index in [0.29, 0.717) is 6.61 Å². The highest BCUT2D eigenvalue weighted by Crippen LogP contribution is 2.24. The Balaban J connectivity index is 1.74. The third kappa shape index (κ3) is 3.31. The number of ether oxygens (including phenoxy) is 1. The van der Waals surface area contributed by atoms with Crippen LogP contribution in [0.25, 0.3) is 0 Å². The van der Waals surface area contributed by atoms with Crippen LogP contribution in [0.5, 0.6) is 5.75 Å². The zero-order chi connectivity index (χ0) is 14.5. The minimum atomic E-state index is 0.652. The van der Waals surface area contributed by atoms with Crippen molar-refractivity contribution in [1.82, 2.24) is 15.3 Å². The maximum Gasteiger partial charge on any atom is 0.225 e. The van der Waals surface area contributed by atoms with Gasteiger partial charge in [-0.2, -0.15) is 0 Å². The molecule has 0 spiro atoms. The fourth-order valence-corrected chi connectivity index (χ4v) is 2.37. The van der Waals surface area contributed by atoms with Crippen LogP contribution in [0.1, 0.15) is 18.1 Å². The summed E-state index contributed by atoms with van der Waals surface area (Å²) in [7, 11) is 0. The number of fused-ring (bicyclic) bond motifs is 1. The largest absolute Gasteiger partial charge is 0.491 e. The van der Waals surface area contributed by atoms with E-state index < -0.39 is 0 Å². The smallest absolute Gasteiger partial charge is 0.225 e. The van der Waals surface area contributed by atoms with Crippen LogP contribution in [-0.2, 0) is 13.1 Å². The van der Waals surface area contributed by atoms with Gasteiger partial charge in [-0.3, -0.25) is 0 Å². The summed E-state index contributed by atoms with van der Waals surface area (Å²) in [6.45, 7) is 6.07. The Morgan fingerprint density at radius 3 is 2.86 bits per heavy atom. The SMILES string of the molecule is CCNCc1cnc(N2CCOc3ccccc3C2)nc1. The molecule has 1 N–H and O–H groups in total. The van der Waals surface area contributed by atoms with Gasteiger partial charge in [-0.05, 0) is 12.6 Å². The second-order valence-corrected chi connectivity index (χ2v) is 5.05. The molecule has 2 aromatic rings. The molecule has 0 bridgehead atoms. The number of aromatic nitrogens is 2. The first-order chi connectivity index (χ1) is 10.4. The Bertz CT molecular complexity index is 585. The molecule has 0 aliphatic carbocycles. The average molecular weight is 284 g/mol. The molecule has 3 rings (SSSR count). The van der Waals surface area contributed by atoms with E-state index in [-0.39, 0.29) is 0 Å². The number of benzene rings is 1. The van der Waals surface area contributed by atoms with Crippen molar-refractivity contribution in [3.05, 3.63) is 47.8 Å². The Kier molecular flexibility index (Phi) is 4.31. The van der Waals surface area contributed by atoms with Crippen molar-refractivity contribution in [2.75, 3.05) is 24.6 Å². The zero-order valence-electron chi connectivity index (χ0n) is 12.2. The van der Waals surface area contributed by atoms with Gasteiger partial charge in [0, 0.05) is 36.6 Å². The topological polar surface area (TPSA) is 50.3 Å². The molecule has 0 saturated heterocycles. The van der Waals surface area contributed by atoms with Gasteiger partial charge in [0.25, 0.3) is 0 Å². The van der Waals surface area contributed by atoms with Gasteiger partial charge in [0.15, 0.2) is 0 Å². The van der Waals surface area contributed by atoms with Crippen LogP contribution >= 0.6 is 0 Å². The van der Waals surface area contributed by atoms with Gasteiger partial charge in [-0.25, -0.2) is 9.97 Å². The number of nitrogens with one attached hydrogen (secondary N) is 1. The van der Waals surface area contributed by atoms with Crippen LogP contribution in [0, 0.1) is 0 Å². The highest BCUT2D eigenvalue weighted by Gasteiger charge is 2.16. The summed E-state index contributed by atoms with van der Waals surface area (Å²) >= 11 is 0. The van der Waals surface area contributed by atoms with Crippen molar-refractivity contribution in [3.8, 4) is 5.75 Å². The summed E-state index contributed by atoms with van der Waals surface area (Å²) in [6.07, 6.45) is 3.78. The van der Waals surface area contributed by atoms with Crippen molar-refractivity contribution in [2.24, 2.45) is 0 Å². The lowest BCUT2D eigenvalue weighted by molar-refractivity contribution is 0.331. The van der Waals surface area contributed by atoms with Crippen LogP contribution in [0.3, 0.4) is 0 Å². The van der Waals surface area contributed by atoms with E-state index in [2.05, 4.69) is 33.2 Å². The minimum Gasteiger partial charge on any atom is -0.491 e. The molecule has 1 aliphatic heterocycles. The van der Waals surface area contributed by atoms with Crippen LogP contribution in [0.15, 0.2) is 36.7 Å². The van der Waals surface area contributed by atoms with Gasteiger partial charge in [-0.15, -0.1) is 0 Å². The van der Waals surface area contributed by atoms with Gasteiger partial charge in [-0.1, -0.05) is 25.1 Å². The highest BCUT2D eigenvalue weighted by atomic mass is 16.5. The van der Waals surface area contributed by atoms with E-state index in [0.717, 1.165) is 43.4 Å². The molecule has 0 amide bonds. The van der Waals surface area contributed by atoms with E-state index in [9.17, 15) is 0 Å². The van der Waals surface area contributed by atoms with Crippen molar-refractivity contribution >= 4 is 5.95 Å². The first-order valence-electron chi connectivity index (χ1n) is 7.34. The molecule has 5 nitrogen and oxygen atoms in total. The number of hydrogen-bond acceptors (Lipinski definition) is 5. The number of para-hydroxylation sites is 1. The summed E-state index contributed by atoms with van der Waals surface area (Å²) in [4.78, 5) is 11.1. The standard InChI is InChI=1S/C16H20N4O/c1-2-17-9-13-10-18-16(19-11-13)20-7-8-21-15-6-4-3-5-14(15)12-20/h3-6,10-11,17H,2,7-9,12H2,1H3. The van der Waals surface area contributed by atoms with E-state index in [1.165, 1.54) is 5.56 Å². The molecule has 1 aromatic carbocycles. The lowest BCUT2D eigenvalue weighted by atomic mass is 10.2. The van der Waals surface area contributed by atoms with Gasteiger partial charge in [0.05, 0.1) is 6.54 Å². The van der Waals surface area contributed by atoms with Crippen LogP contribution < -0.4 is 15.0 Å². The summed E-state index contributed by atoms with van der Waals surface area (Å²) < 4.78 is 5.77. The predicted molar refractivity (Wildman–Crippen MR) is 82.4 cm³/mol. The minimum absolute atomic E-state index is 0.652. The Morgan fingerprint density at radius 2 is 2.05 bits per heavy atom. The maximum absolute atomic E-state index is 5.77. The fraction of sp³-hybridized carbons (Fsp3) is 0.375. The lowest BCUT2D eigenvalue weighted by Gasteiger charge is -2.19. The summed E-state index contributed by atoms with van der Waals surface area (Å²) in [5.41, 5.74) is 2.28. The van der Waals surface area contributed by atoms with Crippen molar-refractivity contribution in [3.63, 3.8) is 0 Å². The molecule has 0 saturated carbocycles. The van der Waals surface area contributed by atoms with Gasteiger partial charge >= 0.3 is 0 Å². The van der Waals surface area contributed by atoms with Crippen LogP contribution in [0.2, 0.25) is 0 Å². The van der Waals surface area contributed by atoms with E-state index in [1.54, 1.807) is 0 Å². The average Bonchev–Trinajstić information content (AvgIpc) is 2.75. The molecule has 1 aromatic heterocycles. The lowest BCUT2D eigenvalue weighted by Crippen LogP contribution is -2.27. The van der Waals surface area contributed by atoms with E-state index in [1.807, 2.05) is 30.6 Å². The van der Waals surface area contributed by atoms with Crippen molar-refractivity contribution in [2.45, 2.75) is 20.0 Å². The number of nitrogens with zero attached hydrogens (tertiary/aromatic N) is 3. The number of rotatable bonds is 4. The normalized spacial score (nSPS) is 14.2.